The molecule has 0 saturated carbocycles. The lowest BCUT2D eigenvalue weighted by Gasteiger charge is -2.08. The van der Waals surface area contributed by atoms with E-state index < -0.39 is 0 Å². The molecule has 0 aliphatic carbocycles. The van der Waals surface area contributed by atoms with Crippen LogP contribution in [0.25, 0.3) is 0 Å². The Morgan fingerprint density at radius 2 is 1.81 bits per heavy atom. The molecular weight excluding hydrogens is 260 g/mol. The molecule has 3 nitrogen and oxygen atoms in total. The van der Waals surface area contributed by atoms with Crippen molar-refractivity contribution in [3.63, 3.8) is 0 Å². The molecule has 1 heterocycles. The van der Waals surface area contributed by atoms with Gasteiger partial charge in [-0.05, 0) is 42.7 Å². The van der Waals surface area contributed by atoms with Crippen molar-refractivity contribution in [1.82, 2.24) is 5.32 Å². The molecule has 21 heavy (non-hydrogen) atoms. The van der Waals surface area contributed by atoms with Crippen molar-refractivity contribution in [2.24, 2.45) is 4.99 Å². The highest BCUT2D eigenvalue weighted by molar-refractivity contribution is 5.99. The van der Waals surface area contributed by atoms with Crippen LogP contribution >= 0.6 is 0 Å². The molecule has 2 aromatic carbocycles. The third kappa shape index (κ3) is 3.85. The first-order valence-electron chi connectivity index (χ1n) is 7.47. The highest BCUT2D eigenvalue weighted by atomic mass is 16.5. The minimum Gasteiger partial charge on any atom is -0.494 e. The first kappa shape index (κ1) is 13.7. The van der Waals surface area contributed by atoms with Gasteiger partial charge < -0.3 is 10.1 Å². The van der Waals surface area contributed by atoms with Crippen molar-refractivity contribution < 1.29 is 4.74 Å². The Bertz CT molecular complexity index is 590. The van der Waals surface area contributed by atoms with Crippen molar-refractivity contribution in [2.75, 3.05) is 19.7 Å². The van der Waals surface area contributed by atoms with E-state index in [9.17, 15) is 0 Å². The summed E-state index contributed by atoms with van der Waals surface area (Å²) in [4.78, 5) is 4.41. The summed E-state index contributed by atoms with van der Waals surface area (Å²) in [5.74, 6) is 1.91. The van der Waals surface area contributed by atoms with Gasteiger partial charge in [-0.1, -0.05) is 30.3 Å². The maximum atomic E-state index is 5.79. The van der Waals surface area contributed by atoms with Gasteiger partial charge in [-0.25, -0.2) is 0 Å². The molecule has 108 valence electrons. The van der Waals surface area contributed by atoms with Crippen LogP contribution in [-0.4, -0.2) is 25.5 Å². The smallest absolute Gasteiger partial charge is 0.128 e. The SMILES string of the molecule is c1ccc(CCCOc2ccc(C3=NCCN3)cc2)cc1. The molecule has 1 N–H and O–H groups in total. The number of benzene rings is 2. The molecule has 1 aliphatic rings. The van der Waals surface area contributed by atoms with Gasteiger partial charge in [0, 0.05) is 12.1 Å². The largest absolute Gasteiger partial charge is 0.494 e. The number of rotatable bonds is 6. The maximum absolute atomic E-state index is 5.79. The number of hydrogen-bond acceptors (Lipinski definition) is 3. The van der Waals surface area contributed by atoms with Gasteiger partial charge in [-0.15, -0.1) is 0 Å². The number of ether oxygens (including phenoxy) is 1. The minimum absolute atomic E-state index is 0.743. The number of hydrogen-bond donors (Lipinski definition) is 1. The van der Waals surface area contributed by atoms with E-state index in [1.807, 2.05) is 18.2 Å². The van der Waals surface area contributed by atoms with Crippen LogP contribution in [0.2, 0.25) is 0 Å². The molecule has 0 radical (unpaired) electrons. The zero-order chi connectivity index (χ0) is 14.3. The Morgan fingerprint density at radius 1 is 1.00 bits per heavy atom. The third-order valence-electron chi connectivity index (χ3n) is 3.52. The molecule has 0 spiro atoms. The summed E-state index contributed by atoms with van der Waals surface area (Å²) in [6, 6.07) is 18.7. The van der Waals surface area contributed by atoms with E-state index in [4.69, 9.17) is 4.74 Å². The molecule has 3 rings (SSSR count). The normalized spacial score (nSPS) is 13.6. The average Bonchev–Trinajstić information content (AvgIpc) is 3.08. The Kier molecular flexibility index (Phi) is 4.52. The van der Waals surface area contributed by atoms with Crippen molar-refractivity contribution in [1.29, 1.82) is 0 Å². The van der Waals surface area contributed by atoms with Crippen molar-refractivity contribution in [3.05, 3.63) is 65.7 Å². The van der Waals surface area contributed by atoms with Crippen LogP contribution in [-0.2, 0) is 6.42 Å². The summed E-state index contributed by atoms with van der Waals surface area (Å²) in [6.07, 6.45) is 2.08. The lowest BCUT2D eigenvalue weighted by molar-refractivity contribution is 0.311. The van der Waals surface area contributed by atoms with Crippen LogP contribution in [0.1, 0.15) is 17.5 Å². The van der Waals surface area contributed by atoms with Gasteiger partial charge in [0.05, 0.1) is 13.2 Å². The Balaban J connectivity index is 1.45. The molecule has 0 atom stereocenters. The number of aliphatic imine (C=N–C) groups is 1. The summed E-state index contributed by atoms with van der Waals surface area (Å²) in [7, 11) is 0. The first-order chi connectivity index (χ1) is 10.4. The topological polar surface area (TPSA) is 33.6 Å². The van der Waals surface area contributed by atoms with Gasteiger partial charge in [-0.2, -0.15) is 0 Å². The van der Waals surface area contributed by atoms with Crippen molar-refractivity contribution >= 4 is 5.84 Å². The molecule has 0 amide bonds. The number of nitrogens with zero attached hydrogens (tertiary/aromatic N) is 1. The molecule has 3 heteroatoms. The molecule has 0 saturated heterocycles. The Morgan fingerprint density at radius 3 is 2.52 bits per heavy atom. The van der Waals surface area contributed by atoms with Gasteiger partial charge in [0.2, 0.25) is 0 Å². The molecule has 0 unspecified atom stereocenters. The minimum atomic E-state index is 0.743. The van der Waals surface area contributed by atoms with E-state index in [0.29, 0.717) is 0 Å². The highest BCUT2D eigenvalue weighted by Gasteiger charge is 2.07. The predicted molar refractivity (Wildman–Crippen MR) is 86.1 cm³/mol. The average molecular weight is 280 g/mol. The molecule has 0 bridgehead atoms. The van der Waals surface area contributed by atoms with E-state index in [1.54, 1.807) is 0 Å². The fraction of sp³-hybridized carbons (Fsp3) is 0.278. The van der Waals surface area contributed by atoms with Crippen molar-refractivity contribution in [3.8, 4) is 5.75 Å². The van der Waals surface area contributed by atoms with Crippen LogP contribution in [0.5, 0.6) is 5.75 Å². The van der Waals surface area contributed by atoms with E-state index in [-0.39, 0.29) is 0 Å². The quantitative estimate of drug-likeness (QED) is 0.825. The molecule has 1 aliphatic heterocycles. The third-order valence-corrected chi connectivity index (χ3v) is 3.52. The first-order valence-corrected chi connectivity index (χ1v) is 7.47. The van der Waals surface area contributed by atoms with E-state index in [0.717, 1.165) is 49.7 Å². The molecule has 0 fully saturated rings. The molecular formula is C18H20N2O. The van der Waals surface area contributed by atoms with Gasteiger partial charge in [0.1, 0.15) is 11.6 Å². The number of aryl methyl sites for hydroxylation is 1. The lowest BCUT2D eigenvalue weighted by Crippen LogP contribution is -2.19. The van der Waals surface area contributed by atoms with Crippen LogP contribution in [0.4, 0.5) is 0 Å². The summed E-state index contributed by atoms with van der Waals surface area (Å²) < 4.78 is 5.79. The highest BCUT2D eigenvalue weighted by Crippen LogP contribution is 2.14. The number of amidine groups is 1. The zero-order valence-electron chi connectivity index (χ0n) is 12.1. The summed E-state index contributed by atoms with van der Waals surface area (Å²) >= 11 is 0. The van der Waals surface area contributed by atoms with Gasteiger partial charge in [0.25, 0.3) is 0 Å². The summed E-state index contributed by atoms with van der Waals surface area (Å²) in [6.45, 7) is 2.55. The molecule has 2 aromatic rings. The van der Waals surface area contributed by atoms with Gasteiger partial charge >= 0.3 is 0 Å². The van der Waals surface area contributed by atoms with E-state index in [1.165, 1.54) is 5.56 Å². The summed E-state index contributed by atoms with van der Waals surface area (Å²) in [5, 5.41) is 3.27. The predicted octanol–water partition coefficient (Wildman–Crippen LogP) is 3.05. The van der Waals surface area contributed by atoms with Crippen LogP contribution < -0.4 is 10.1 Å². The van der Waals surface area contributed by atoms with Crippen LogP contribution in [0, 0.1) is 0 Å². The lowest BCUT2D eigenvalue weighted by atomic mass is 10.1. The van der Waals surface area contributed by atoms with Crippen molar-refractivity contribution in [2.45, 2.75) is 12.8 Å². The van der Waals surface area contributed by atoms with E-state index >= 15 is 0 Å². The second-order valence-electron chi connectivity index (χ2n) is 5.12. The fourth-order valence-electron chi connectivity index (χ4n) is 2.41. The second kappa shape index (κ2) is 6.93. The van der Waals surface area contributed by atoms with Gasteiger partial charge in [0.15, 0.2) is 0 Å². The Hall–Kier alpha value is -2.29. The second-order valence-corrected chi connectivity index (χ2v) is 5.12. The Labute approximate surface area is 125 Å². The monoisotopic (exact) mass is 280 g/mol. The summed E-state index contributed by atoms with van der Waals surface area (Å²) in [5.41, 5.74) is 2.49. The maximum Gasteiger partial charge on any atom is 0.128 e. The van der Waals surface area contributed by atoms with E-state index in [2.05, 4.69) is 46.7 Å². The van der Waals surface area contributed by atoms with Gasteiger partial charge in [-0.3, -0.25) is 4.99 Å². The fourth-order valence-corrected chi connectivity index (χ4v) is 2.41. The van der Waals surface area contributed by atoms with Crippen LogP contribution in [0.3, 0.4) is 0 Å². The number of nitrogens with one attached hydrogen (secondary N) is 1. The standard InChI is InChI=1S/C18H20N2O/c1-2-5-15(6-3-1)7-4-14-21-17-10-8-16(9-11-17)18-19-12-13-20-18/h1-3,5-6,8-11H,4,7,12-14H2,(H,19,20). The molecule has 0 aromatic heterocycles. The zero-order valence-corrected chi connectivity index (χ0v) is 12.1. The van der Waals surface area contributed by atoms with Crippen LogP contribution in [0.15, 0.2) is 59.6 Å².